The molecule has 3 N–H and O–H groups in total. The van der Waals surface area contributed by atoms with E-state index in [0.717, 1.165) is 30.2 Å². The van der Waals surface area contributed by atoms with Gasteiger partial charge in [-0.2, -0.15) is 0 Å². The quantitative estimate of drug-likeness (QED) is 0.211. The Bertz CT molecular complexity index is 597. The van der Waals surface area contributed by atoms with Gasteiger partial charge in [-0.15, -0.1) is 35.3 Å². The average Bonchev–Trinajstić information content (AvgIpc) is 2.82. The summed E-state index contributed by atoms with van der Waals surface area (Å²) in [6, 6.07) is 0. The van der Waals surface area contributed by atoms with Crippen LogP contribution in [0.1, 0.15) is 29.4 Å². The lowest BCUT2D eigenvalue weighted by Crippen LogP contribution is -2.39. The summed E-state index contributed by atoms with van der Waals surface area (Å²) in [5, 5.41) is 7.49. The Morgan fingerprint density at radius 1 is 1.21 bits per heavy atom. The molecule has 0 aliphatic carbocycles. The number of aryl methyl sites for hydroxylation is 2. The molecule has 0 unspecified atom stereocenters. The number of nitrogens with one attached hydrogen (secondary N) is 3. The van der Waals surface area contributed by atoms with Crippen LogP contribution in [0.3, 0.4) is 0 Å². The minimum absolute atomic E-state index is 0. The van der Waals surface area contributed by atoms with Gasteiger partial charge in [0, 0.05) is 30.9 Å². The zero-order valence-electron chi connectivity index (χ0n) is 14.7. The smallest absolute Gasteiger partial charge is 0.211 e. The van der Waals surface area contributed by atoms with Gasteiger partial charge in [-0.05, 0) is 27.7 Å². The topological polar surface area (TPSA) is 95.5 Å². The van der Waals surface area contributed by atoms with Crippen molar-refractivity contribution in [3.05, 3.63) is 15.6 Å². The SMILES string of the molecule is CCNC(=NCCNS(=O)(=O)CC)NCCc1nc(C)c(C)s1.I. The van der Waals surface area contributed by atoms with Crippen LogP contribution in [-0.4, -0.2) is 51.3 Å². The Morgan fingerprint density at radius 2 is 1.92 bits per heavy atom. The first kappa shape index (κ1) is 23.5. The van der Waals surface area contributed by atoms with Gasteiger partial charge < -0.3 is 10.6 Å². The maximum Gasteiger partial charge on any atom is 0.211 e. The number of sulfonamides is 1. The summed E-state index contributed by atoms with van der Waals surface area (Å²) >= 11 is 1.72. The van der Waals surface area contributed by atoms with E-state index in [-0.39, 0.29) is 29.7 Å². The zero-order valence-corrected chi connectivity index (χ0v) is 18.6. The molecule has 10 heteroatoms. The highest BCUT2D eigenvalue weighted by atomic mass is 127. The van der Waals surface area contributed by atoms with Crippen molar-refractivity contribution in [2.75, 3.05) is 31.9 Å². The molecule has 0 saturated carbocycles. The van der Waals surface area contributed by atoms with Crippen LogP contribution in [0.4, 0.5) is 0 Å². The highest BCUT2D eigenvalue weighted by molar-refractivity contribution is 14.0. The number of nitrogens with zero attached hydrogens (tertiary/aromatic N) is 2. The van der Waals surface area contributed by atoms with Gasteiger partial charge in [0.25, 0.3) is 0 Å². The molecule has 1 aromatic heterocycles. The molecule has 0 atom stereocenters. The lowest BCUT2D eigenvalue weighted by Gasteiger charge is -2.10. The summed E-state index contributed by atoms with van der Waals surface area (Å²) in [7, 11) is -3.15. The van der Waals surface area contributed by atoms with Crippen LogP contribution in [0.5, 0.6) is 0 Å². The van der Waals surface area contributed by atoms with E-state index in [0.29, 0.717) is 19.0 Å². The molecule has 0 aliphatic heterocycles. The predicted molar refractivity (Wildman–Crippen MR) is 112 cm³/mol. The molecule has 24 heavy (non-hydrogen) atoms. The van der Waals surface area contributed by atoms with Gasteiger partial charge in [-0.1, -0.05) is 0 Å². The summed E-state index contributed by atoms with van der Waals surface area (Å²) < 4.78 is 25.2. The van der Waals surface area contributed by atoms with E-state index >= 15 is 0 Å². The standard InChI is InChI=1S/C14H27N5O2S2.HI/c1-5-15-14(17-9-10-18-23(20,21)6-2)16-8-7-13-19-11(3)12(4)22-13;/h18H,5-10H2,1-4H3,(H2,15,16,17);1H. The van der Waals surface area contributed by atoms with Crippen molar-refractivity contribution in [2.45, 2.75) is 34.1 Å². The van der Waals surface area contributed by atoms with E-state index in [4.69, 9.17) is 0 Å². The molecule has 1 aromatic rings. The van der Waals surface area contributed by atoms with Crippen molar-refractivity contribution < 1.29 is 8.42 Å². The molecule has 0 aromatic carbocycles. The van der Waals surface area contributed by atoms with Crippen LogP contribution >= 0.6 is 35.3 Å². The fraction of sp³-hybridized carbons (Fsp3) is 0.714. The lowest BCUT2D eigenvalue weighted by atomic mass is 10.4. The molecule has 0 fully saturated rings. The summed E-state index contributed by atoms with van der Waals surface area (Å²) in [6.45, 7) is 9.88. The molecular formula is C14H28IN5O2S2. The largest absolute Gasteiger partial charge is 0.357 e. The third kappa shape index (κ3) is 9.14. The minimum Gasteiger partial charge on any atom is -0.357 e. The van der Waals surface area contributed by atoms with E-state index in [2.05, 4.69) is 32.3 Å². The summed E-state index contributed by atoms with van der Waals surface area (Å²) in [4.78, 5) is 10.1. The van der Waals surface area contributed by atoms with Gasteiger partial charge in [-0.3, -0.25) is 4.99 Å². The summed E-state index contributed by atoms with van der Waals surface area (Å²) in [5.41, 5.74) is 1.09. The van der Waals surface area contributed by atoms with Crippen molar-refractivity contribution in [1.29, 1.82) is 0 Å². The van der Waals surface area contributed by atoms with Gasteiger partial charge in [0.2, 0.25) is 10.0 Å². The van der Waals surface area contributed by atoms with E-state index in [1.807, 2.05) is 13.8 Å². The molecule has 0 spiro atoms. The highest BCUT2D eigenvalue weighted by Gasteiger charge is 2.05. The zero-order chi connectivity index (χ0) is 17.3. The minimum atomic E-state index is -3.15. The van der Waals surface area contributed by atoms with Crippen molar-refractivity contribution in [1.82, 2.24) is 20.3 Å². The molecule has 1 rings (SSSR count). The molecular weight excluding hydrogens is 461 g/mol. The number of hydrogen-bond acceptors (Lipinski definition) is 5. The lowest BCUT2D eigenvalue weighted by molar-refractivity contribution is 0.583. The fourth-order valence-corrected chi connectivity index (χ4v) is 3.29. The van der Waals surface area contributed by atoms with E-state index in [1.165, 1.54) is 4.88 Å². The summed E-state index contributed by atoms with van der Waals surface area (Å²) in [6.07, 6.45) is 0.840. The molecule has 0 aliphatic rings. The number of aliphatic imine (C=N–C) groups is 1. The maximum absolute atomic E-state index is 11.3. The fourth-order valence-electron chi connectivity index (χ4n) is 1.75. The first-order chi connectivity index (χ1) is 10.9. The van der Waals surface area contributed by atoms with Crippen LogP contribution < -0.4 is 15.4 Å². The van der Waals surface area contributed by atoms with Crippen molar-refractivity contribution in [3.63, 3.8) is 0 Å². The molecule has 7 nitrogen and oxygen atoms in total. The maximum atomic E-state index is 11.3. The van der Waals surface area contributed by atoms with Crippen LogP contribution in [0.25, 0.3) is 0 Å². The Labute approximate surface area is 166 Å². The molecule has 1 heterocycles. The Balaban J connectivity index is 0.00000529. The number of halogens is 1. The second-order valence-corrected chi connectivity index (χ2v) is 8.37. The first-order valence-corrected chi connectivity index (χ1v) is 10.3. The van der Waals surface area contributed by atoms with Crippen LogP contribution in [0.15, 0.2) is 4.99 Å². The van der Waals surface area contributed by atoms with E-state index in [9.17, 15) is 8.42 Å². The monoisotopic (exact) mass is 489 g/mol. The van der Waals surface area contributed by atoms with Crippen molar-refractivity contribution >= 4 is 51.3 Å². The van der Waals surface area contributed by atoms with Gasteiger partial charge >= 0.3 is 0 Å². The first-order valence-electron chi connectivity index (χ1n) is 7.80. The Morgan fingerprint density at radius 3 is 2.46 bits per heavy atom. The van der Waals surface area contributed by atoms with Crippen LogP contribution in [0.2, 0.25) is 0 Å². The third-order valence-electron chi connectivity index (χ3n) is 3.13. The molecule has 0 saturated heterocycles. The second-order valence-electron chi connectivity index (χ2n) is 4.98. The van der Waals surface area contributed by atoms with Gasteiger partial charge in [0.15, 0.2) is 5.96 Å². The normalized spacial score (nSPS) is 11.9. The van der Waals surface area contributed by atoms with Crippen molar-refractivity contribution in [3.8, 4) is 0 Å². The molecule has 140 valence electrons. The van der Waals surface area contributed by atoms with Crippen LogP contribution in [0, 0.1) is 13.8 Å². The van der Waals surface area contributed by atoms with Crippen LogP contribution in [-0.2, 0) is 16.4 Å². The third-order valence-corrected chi connectivity index (χ3v) is 5.67. The van der Waals surface area contributed by atoms with Gasteiger partial charge in [0.05, 0.1) is 23.0 Å². The Kier molecular flexibility index (Phi) is 11.8. The highest BCUT2D eigenvalue weighted by Crippen LogP contribution is 2.16. The second kappa shape index (κ2) is 12.0. The van der Waals surface area contributed by atoms with E-state index < -0.39 is 10.0 Å². The number of hydrogen-bond donors (Lipinski definition) is 3. The van der Waals surface area contributed by atoms with E-state index in [1.54, 1.807) is 18.3 Å². The average molecular weight is 489 g/mol. The Hall–Kier alpha value is -0.460. The number of aromatic nitrogens is 1. The summed E-state index contributed by atoms with van der Waals surface area (Å²) in [5.74, 6) is 0.773. The van der Waals surface area contributed by atoms with Gasteiger partial charge in [0.1, 0.15) is 0 Å². The number of rotatable bonds is 9. The molecule has 0 amide bonds. The molecule has 0 radical (unpaired) electrons. The van der Waals surface area contributed by atoms with Gasteiger partial charge in [-0.25, -0.2) is 18.1 Å². The number of thiazole rings is 1. The predicted octanol–water partition coefficient (Wildman–Crippen LogP) is 1.41. The molecule has 0 bridgehead atoms. The number of guanidine groups is 1. The van der Waals surface area contributed by atoms with Crippen molar-refractivity contribution in [2.24, 2.45) is 4.99 Å².